The summed E-state index contributed by atoms with van der Waals surface area (Å²) in [4.78, 5) is 10.5. The van der Waals surface area contributed by atoms with Crippen LogP contribution in [0.4, 0.5) is 0 Å². The van der Waals surface area contributed by atoms with E-state index < -0.39 is 5.97 Å². The Labute approximate surface area is 89.4 Å². The van der Waals surface area contributed by atoms with E-state index in [-0.39, 0.29) is 5.57 Å². The number of carboxylic acid groups (broad SMARTS) is 1. The minimum Gasteiger partial charge on any atom is -0.477 e. The van der Waals surface area contributed by atoms with Gasteiger partial charge in [-0.1, -0.05) is 28.1 Å². The van der Waals surface area contributed by atoms with Gasteiger partial charge in [0.2, 0.25) is 0 Å². The number of nitrogens with zero attached hydrogens (tertiary/aromatic N) is 1. The monoisotopic (exact) mass is 251 g/mol. The molecule has 1 rings (SSSR count). The van der Waals surface area contributed by atoms with E-state index in [4.69, 9.17) is 10.4 Å². The molecule has 1 N–H and O–H groups in total. The van der Waals surface area contributed by atoms with Crippen molar-refractivity contribution in [3.8, 4) is 6.07 Å². The fourth-order valence-electron chi connectivity index (χ4n) is 0.868. The summed E-state index contributed by atoms with van der Waals surface area (Å²) >= 11 is 3.26. The average Bonchev–Trinajstić information content (AvgIpc) is 2.16. The van der Waals surface area contributed by atoms with Crippen molar-refractivity contribution in [2.24, 2.45) is 0 Å². The minimum absolute atomic E-state index is 0.271. The molecule has 0 atom stereocenters. The van der Waals surface area contributed by atoms with Gasteiger partial charge in [0.15, 0.2) is 0 Å². The molecule has 0 aromatic heterocycles. The number of benzene rings is 1. The first-order valence-electron chi connectivity index (χ1n) is 3.74. The zero-order chi connectivity index (χ0) is 10.6. The molecule has 0 radical (unpaired) electrons. The van der Waals surface area contributed by atoms with Gasteiger partial charge < -0.3 is 5.11 Å². The predicted molar refractivity (Wildman–Crippen MR) is 55.4 cm³/mol. The highest BCUT2D eigenvalue weighted by atomic mass is 79.9. The number of aliphatic carboxylic acids is 1. The van der Waals surface area contributed by atoms with Gasteiger partial charge >= 0.3 is 5.97 Å². The summed E-state index contributed by atoms with van der Waals surface area (Å²) in [6.07, 6.45) is 1.33. The second kappa shape index (κ2) is 4.58. The number of carbonyl (C=O) groups is 1. The molecule has 0 spiro atoms. The molecule has 0 saturated carbocycles. The van der Waals surface area contributed by atoms with E-state index in [1.807, 2.05) is 0 Å². The van der Waals surface area contributed by atoms with E-state index in [2.05, 4.69) is 15.9 Å². The van der Waals surface area contributed by atoms with Crippen molar-refractivity contribution in [1.29, 1.82) is 5.26 Å². The molecule has 14 heavy (non-hydrogen) atoms. The fourth-order valence-corrected chi connectivity index (χ4v) is 1.13. The van der Waals surface area contributed by atoms with Crippen LogP contribution in [0.2, 0.25) is 0 Å². The molecular weight excluding hydrogens is 246 g/mol. The van der Waals surface area contributed by atoms with Gasteiger partial charge in [-0.15, -0.1) is 0 Å². The third kappa shape index (κ3) is 2.71. The van der Waals surface area contributed by atoms with E-state index in [9.17, 15) is 4.79 Å². The number of rotatable bonds is 2. The number of hydrogen-bond donors (Lipinski definition) is 1. The Morgan fingerprint density at radius 1 is 1.43 bits per heavy atom. The van der Waals surface area contributed by atoms with Gasteiger partial charge in [-0.3, -0.25) is 0 Å². The van der Waals surface area contributed by atoms with Crippen LogP contribution in [-0.2, 0) is 4.79 Å². The first kappa shape index (κ1) is 10.5. The highest BCUT2D eigenvalue weighted by Gasteiger charge is 2.04. The maximum Gasteiger partial charge on any atom is 0.346 e. The van der Waals surface area contributed by atoms with Crippen LogP contribution in [0.5, 0.6) is 0 Å². The second-order valence-corrected chi connectivity index (χ2v) is 3.44. The predicted octanol–water partition coefficient (Wildman–Crippen LogP) is 2.44. The average molecular weight is 252 g/mol. The molecule has 0 heterocycles. The molecule has 0 amide bonds. The van der Waals surface area contributed by atoms with Gasteiger partial charge in [0.1, 0.15) is 11.6 Å². The summed E-state index contributed by atoms with van der Waals surface area (Å²) < 4.78 is 0.906. The normalized spacial score (nSPS) is 10.7. The van der Waals surface area contributed by atoms with E-state index in [0.29, 0.717) is 5.56 Å². The van der Waals surface area contributed by atoms with Crippen molar-refractivity contribution in [2.45, 2.75) is 0 Å². The third-order valence-corrected chi connectivity index (χ3v) is 2.06. The molecule has 70 valence electrons. The van der Waals surface area contributed by atoms with Crippen LogP contribution in [0.3, 0.4) is 0 Å². The van der Waals surface area contributed by atoms with Gasteiger partial charge in [-0.2, -0.15) is 5.26 Å². The summed E-state index contributed by atoms with van der Waals surface area (Å²) in [6, 6.07) is 8.63. The first-order chi connectivity index (χ1) is 6.63. The van der Waals surface area contributed by atoms with E-state index in [1.54, 1.807) is 30.3 Å². The molecule has 0 saturated heterocycles. The summed E-state index contributed by atoms with van der Waals surface area (Å²) in [5, 5.41) is 17.1. The molecule has 1 aromatic carbocycles. The molecule has 4 heteroatoms. The van der Waals surface area contributed by atoms with Gasteiger partial charge in [0, 0.05) is 4.47 Å². The van der Waals surface area contributed by atoms with Crippen LogP contribution in [0.15, 0.2) is 34.3 Å². The molecule has 0 aliphatic rings. The van der Waals surface area contributed by atoms with E-state index in [0.717, 1.165) is 4.47 Å². The van der Waals surface area contributed by atoms with Crippen LogP contribution in [0.1, 0.15) is 5.56 Å². The van der Waals surface area contributed by atoms with Crippen molar-refractivity contribution in [3.05, 3.63) is 39.9 Å². The van der Waals surface area contributed by atoms with Crippen LogP contribution < -0.4 is 0 Å². The first-order valence-corrected chi connectivity index (χ1v) is 4.53. The Bertz CT molecular complexity index is 415. The van der Waals surface area contributed by atoms with Crippen molar-refractivity contribution in [1.82, 2.24) is 0 Å². The quantitative estimate of drug-likeness (QED) is 0.649. The Morgan fingerprint density at radius 2 is 2.00 bits per heavy atom. The highest BCUT2D eigenvalue weighted by Crippen LogP contribution is 2.13. The SMILES string of the molecule is N#C/C(=C/c1ccc(Br)cc1)C(=O)O. The van der Waals surface area contributed by atoms with Crippen LogP contribution in [-0.4, -0.2) is 11.1 Å². The second-order valence-electron chi connectivity index (χ2n) is 2.53. The highest BCUT2D eigenvalue weighted by molar-refractivity contribution is 9.10. The third-order valence-electron chi connectivity index (χ3n) is 1.53. The molecule has 1 aromatic rings. The Hall–Kier alpha value is -1.60. The van der Waals surface area contributed by atoms with Gasteiger partial charge in [-0.05, 0) is 23.8 Å². The number of carboxylic acids is 1. The van der Waals surface area contributed by atoms with Gasteiger partial charge in [0.05, 0.1) is 0 Å². The molecular formula is C10H6BrNO2. The summed E-state index contributed by atoms with van der Waals surface area (Å²) in [6.45, 7) is 0. The zero-order valence-corrected chi connectivity index (χ0v) is 8.65. The van der Waals surface area contributed by atoms with Crippen LogP contribution in [0, 0.1) is 11.3 Å². The number of nitriles is 1. The molecule has 0 fully saturated rings. The number of hydrogen-bond acceptors (Lipinski definition) is 2. The molecule has 0 bridgehead atoms. The van der Waals surface area contributed by atoms with Crippen LogP contribution >= 0.6 is 15.9 Å². The van der Waals surface area contributed by atoms with Crippen LogP contribution in [0.25, 0.3) is 6.08 Å². The minimum atomic E-state index is -1.21. The largest absolute Gasteiger partial charge is 0.477 e. The lowest BCUT2D eigenvalue weighted by atomic mass is 10.1. The standard InChI is InChI=1S/C10H6BrNO2/c11-9-3-1-7(2-4-9)5-8(6-12)10(13)14/h1-5H,(H,13,14)/b8-5-. The zero-order valence-electron chi connectivity index (χ0n) is 7.07. The lowest BCUT2D eigenvalue weighted by Gasteiger charge is -1.94. The maximum atomic E-state index is 10.5. The molecule has 3 nitrogen and oxygen atoms in total. The van der Waals surface area contributed by atoms with Gasteiger partial charge in [0.25, 0.3) is 0 Å². The maximum absolute atomic E-state index is 10.5. The Balaban J connectivity index is 3.03. The number of halogens is 1. The summed E-state index contributed by atoms with van der Waals surface area (Å²) in [5.41, 5.74) is 0.416. The smallest absolute Gasteiger partial charge is 0.346 e. The molecule has 0 unspecified atom stereocenters. The topological polar surface area (TPSA) is 61.1 Å². The van der Waals surface area contributed by atoms with Crippen molar-refractivity contribution in [2.75, 3.05) is 0 Å². The summed E-state index contributed by atoms with van der Waals surface area (Å²) in [7, 11) is 0. The van der Waals surface area contributed by atoms with Crippen molar-refractivity contribution < 1.29 is 9.90 Å². The molecule has 0 aliphatic heterocycles. The van der Waals surface area contributed by atoms with Crippen molar-refractivity contribution >= 4 is 28.0 Å². The lowest BCUT2D eigenvalue weighted by molar-refractivity contribution is -0.132. The Kier molecular flexibility index (Phi) is 3.43. The van der Waals surface area contributed by atoms with Gasteiger partial charge in [-0.25, -0.2) is 4.79 Å². The summed E-state index contributed by atoms with van der Waals surface area (Å²) in [5.74, 6) is -1.21. The van der Waals surface area contributed by atoms with E-state index in [1.165, 1.54) is 6.08 Å². The van der Waals surface area contributed by atoms with Crippen molar-refractivity contribution in [3.63, 3.8) is 0 Å². The Morgan fingerprint density at radius 3 is 2.43 bits per heavy atom. The molecule has 0 aliphatic carbocycles. The van der Waals surface area contributed by atoms with E-state index >= 15 is 0 Å². The lowest BCUT2D eigenvalue weighted by Crippen LogP contribution is -1.97. The fraction of sp³-hybridized carbons (Fsp3) is 0.